The molecule has 4 rings (SSSR count). The van der Waals surface area contributed by atoms with Crippen molar-refractivity contribution >= 4 is 15.6 Å². The van der Waals surface area contributed by atoms with Crippen LogP contribution in [0.25, 0.3) is 0 Å². The molecule has 0 amide bonds. The van der Waals surface area contributed by atoms with Gasteiger partial charge in [0, 0.05) is 18.7 Å². The summed E-state index contributed by atoms with van der Waals surface area (Å²) in [5.41, 5.74) is -0.441. The number of nitrogens with zero attached hydrogens (tertiary/aromatic N) is 1. The van der Waals surface area contributed by atoms with Crippen LogP contribution in [-0.2, 0) is 43.1 Å². The maximum atomic E-state index is 12.4. The molecule has 3 N–H and O–H groups in total. The van der Waals surface area contributed by atoms with E-state index < -0.39 is 70.4 Å². The highest BCUT2D eigenvalue weighted by Gasteiger charge is 2.54. The van der Waals surface area contributed by atoms with Gasteiger partial charge in [0.1, 0.15) is 18.3 Å². The minimum atomic E-state index is -5.07. The SMILES string of the molecule is CC(C)OP(=O)(O)OP(=O)(O)OCC1OC(n2ccc(=O)[nH]c2=O)C2OC(Cc3ccccc3)OC12. The molecule has 2 aliphatic rings. The van der Waals surface area contributed by atoms with E-state index in [0.29, 0.717) is 6.42 Å². The van der Waals surface area contributed by atoms with E-state index in [1.165, 1.54) is 20.0 Å². The Morgan fingerprint density at radius 2 is 1.72 bits per heavy atom. The van der Waals surface area contributed by atoms with E-state index in [2.05, 4.69) is 13.8 Å². The molecule has 36 heavy (non-hydrogen) atoms. The van der Waals surface area contributed by atoms with Crippen LogP contribution in [0.2, 0.25) is 0 Å². The molecule has 2 fully saturated rings. The predicted octanol–water partition coefficient (Wildman–Crippen LogP) is 1.45. The molecule has 7 unspecified atom stereocenters. The zero-order valence-electron chi connectivity index (χ0n) is 19.2. The second-order valence-corrected chi connectivity index (χ2v) is 11.4. The van der Waals surface area contributed by atoms with Crippen LogP contribution in [0.4, 0.5) is 0 Å². The first-order valence-corrected chi connectivity index (χ1v) is 13.9. The Hall–Kier alpha value is -1.96. The van der Waals surface area contributed by atoms with Crippen LogP contribution in [0, 0.1) is 0 Å². The summed E-state index contributed by atoms with van der Waals surface area (Å²) in [7, 11) is -9.95. The number of ether oxygens (including phenoxy) is 3. The Labute approximate surface area is 204 Å². The van der Waals surface area contributed by atoms with Crippen molar-refractivity contribution in [2.75, 3.05) is 6.61 Å². The molecule has 198 valence electrons. The van der Waals surface area contributed by atoms with Gasteiger partial charge >= 0.3 is 21.3 Å². The van der Waals surface area contributed by atoms with Gasteiger partial charge in [0.2, 0.25) is 0 Å². The number of benzene rings is 1. The fraction of sp³-hybridized carbons (Fsp3) is 0.500. The van der Waals surface area contributed by atoms with E-state index in [-0.39, 0.29) is 0 Å². The van der Waals surface area contributed by atoms with E-state index in [9.17, 15) is 28.5 Å². The van der Waals surface area contributed by atoms with Gasteiger partial charge in [0.05, 0.1) is 12.7 Å². The van der Waals surface area contributed by atoms with Gasteiger partial charge in [0.25, 0.3) is 5.56 Å². The Bertz CT molecular complexity index is 1270. The fourth-order valence-corrected chi connectivity index (χ4v) is 6.15. The Balaban J connectivity index is 1.51. The molecule has 16 heteroatoms. The number of aromatic nitrogens is 2. The first-order chi connectivity index (χ1) is 16.9. The van der Waals surface area contributed by atoms with Crippen LogP contribution in [0.5, 0.6) is 0 Å². The van der Waals surface area contributed by atoms with Gasteiger partial charge in [0.15, 0.2) is 12.5 Å². The maximum absolute atomic E-state index is 12.4. The number of hydrogen-bond donors (Lipinski definition) is 3. The summed E-state index contributed by atoms with van der Waals surface area (Å²) >= 11 is 0. The zero-order valence-corrected chi connectivity index (χ0v) is 21.0. The monoisotopic (exact) mass is 548 g/mol. The van der Waals surface area contributed by atoms with Gasteiger partial charge < -0.3 is 24.0 Å². The molecular weight excluding hydrogens is 522 g/mol. The number of phosphoric acid groups is 2. The lowest BCUT2D eigenvalue weighted by Gasteiger charge is -2.22. The maximum Gasteiger partial charge on any atom is 0.481 e. The number of fused-ring (bicyclic) bond motifs is 1. The first-order valence-electron chi connectivity index (χ1n) is 10.9. The highest BCUT2D eigenvalue weighted by atomic mass is 31.3. The van der Waals surface area contributed by atoms with Crippen LogP contribution in [0.15, 0.2) is 52.2 Å². The van der Waals surface area contributed by atoms with Gasteiger partial charge in [-0.15, -0.1) is 0 Å². The average Bonchev–Trinajstić information content (AvgIpc) is 3.30. The molecule has 3 heterocycles. The lowest BCUT2D eigenvalue weighted by Crippen LogP contribution is -2.36. The van der Waals surface area contributed by atoms with Gasteiger partial charge in [-0.05, 0) is 19.4 Å². The number of phosphoric ester groups is 2. The standard InChI is InChI=1S/C20H26N2O12P2/c1-12(2)33-36(27,28)34-35(25,26)29-11-14-17-18(19(30-14)22-9-8-15(23)21-20(22)24)32-16(31-17)10-13-6-4-3-5-7-13/h3-9,12,14,16-19H,10-11H2,1-2H3,(H,25,26)(H,27,28)(H,21,23,24). The minimum absolute atomic E-state index is 0.372. The first kappa shape index (κ1) is 27.1. The summed E-state index contributed by atoms with van der Waals surface area (Å²) < 4.78 is 56.9. The Morgan fingerprint density at radius 3 is 2.39 bits per heavy atom. The van der Waals surface area contributed by atoms with Crippen molar-refractivity contribution in [2.24, 2.45) is 0 Å². The molecule has 0 aliphatic carbocycles. The van der Waals surface area contributed by atoms with Crippen molar-refractivity contribution in [3.8, 4) is 0 Å². The predicted molar refractivity (Wildman–Crippen MR) is 122 cm³/mol. The second-order valence-electron chi connectivity index (χ2n) is 8.37. The molecule has 0 radical (unpaired) electrons. The summed E-state index contributed by atoms with van der Waals surface area (Å²) in [6.45, 7) is 2.25. The largest absolute Gasteiger partial charge is 0.481 e. The van der Waals surface area contributed by atoms with E-state index in [4.69, 9.17) is 18.7 Å². The normalized spacial score (nSPS) is 29.1. The Morgan fingerprint density at radius 1 is 1.03 bits per heavy atom. The lowest BCUT2D eigenvalue weighted by molar-refractivity contribution is -0.150. The topological polar surface area (TPSA) is 185 Å². The smallest absolute Gasteiger partial charge is 0.346 e. The van der Waals surface area contributed by atoms with E-state index in [0.717, 1.165) is 16.2 Å². The van der Waals surface area contributed by atoms with Crippen molar-refractivity contribution < 1.29 is 46.5 Å². The summed E-state index contributed by atoms with van der Waals surface area (Å²) in [6, 6.07) is 10.5. The third-order valence-electron chi connectivity index (χ3n) is 5.23. The van der Waals surface area contributed by atoms with Crippen molar-refractivity contribution in [3.05, 3.63) is 69.0 Å². The van der Waals surface area contributed by atoms with Gasteiger partial charge in [-0.2, -0.15) is 4.31 Å². The quantitative estimate of drug-likeness (QED) is 0.364. The molecule has 1 aromatic heterocycles. The number of H-pyrrole nitrogens is 1. The van der Waals surface area contributed by atoms with Crippen LogP contribution < -0.4 is 11.2 Å². The molecule has 0 spiro atoms. The second kappa shape index (κ2) is 10.8. The summed E-state index contributed by atoms with van der Waals surface area (Å²) in [6.07, 6.45) is -3.71. The highest BCUT2D eigenvalue weighted by Crippen LogP contribution is 2.61. The molecule has 2 aliphatic heterocycles. The molecule has 2 aromatic rings. The fourth-order valence-electron chi connectivity index (χ4n) is 3.90. The molecule has 0 saturated carbocycles. The number of aromatic amines is 1. The molecule has 0 bridgehead atoms. The van der Waals surface area contributed by atoms with Gasteiger partial charge in [-0.3, -0.25) is 23.4 Å². The van der Waals surface area contributed by atoms with E-state index in [1.807, 2.05) is 30.3 Å². The van der Waals surface area contributed by atoms with Crippen LogP contribution in [0.3, 0.4) is 0 Å². The number of hydrogen-bond acceptors (Lipinski definition) is 10. The lowest BCUT2D eigenvalue weighted by atomic mass is 10.1. The van der Waals surface area contributed by atoms with Crippen molar-refractivity contribution in [1.82, 2.24) is 9.55 Å². The number of nitrogens with one attached hydrogen (secondary N) is 1. The minimum Gasteiger partial charge on any atom is -0.346 e. The molecule has 1 aromatic carbocycles. The van der Waals surface area contributed by atoms with Crippen molar-refractivity contribution in [2.45, 2.75) is 57.2 Å². The van der Waals surface area contributed by atoms with E-state index >= 15 is 0 Å². The van der Waals surface area contributed by atoms with Crippen LogP contribution in [0.1, 0.15) is 25.6 Å². The zero-order chi connectivity index (χ0) is 26.1. The van der Waals surface area contributed by atoms with Gasteiger partial charge in [-0.1, -0.05) is 30.3 Å². The van der Waals surface area contributed by atoms with Crippen molar-refractivity contribution in [3.63, 3.8) is 0 Å². The summed E-state index contributed by atoms with van der Waals surface area (Å²) in [5, 5.41) is 0. The van der Waals surface area contributed by atoms with Crippen LogP contribution in [-0.4, -0.2) is 56.7 Å². The Kier molecular flexibility index (Phi) is 8.13. The van der Waals surface area contributed by atoms with E-state index in [1.54, 1.807) is 0 Å². The third kappa shape index (κ3) is 6.67. The molecule has 7 atom stereocenters. The van der Waals surface area contributed by atoms with Crippen molar-refractivity contribution in [1.29, 1.82) is 0 Å². The number of rotatable bonds is 10. The third-order valence-corrected chi connectivity index (χ3v) is 8.04. The van der Waals surface area contributed by atoms with Gasteiger partial charge in [-0.25, -0.2) is 13.9 Å². The highest BCUT2D eigenvalue weighted by molar-refractivity contribution is 7.61. The summed E-state index contributed by atoms with van der Waals surface area (Å²) in [4.78, 5) is 45.6. The molecule has 14 nitrogen and oxygen atoms in total. The molecular formula is C20H26N2O12P2. The molecule has 2 saturated heterocycles. The summed E-state index contributed by atoms with van der Waals surface area (Å²) in [5.74, 6) is 0. The van der Waals surface area contributed by atoms with Crippen LogP contribution >= 0.6 is 15.6 Å². The average molecular weight is 548 g/mol.